The third-order valence-corrected chi connectivity index (χ3v) is 3.83. The van der Waals surface area contributed by atoms with Crippen molar-refractivity contribution >= 4 is 17.2 Å². The molecular formula is C14H18N2O3S. The number of rotatable bonds is 7. The Balaban J connectivity index is 1.83. The van der Waals surface area contributed by atoms with Crippen molar-refractivity contribution in [3.8, 4) is 0 Å². The van der Waals surface area contributed by atoms with Crippen molar-refractivity contribution in [2.75, 3.05) is 13.2 Å². The van der Waals surface area contributed by atoms with Gasteiger partial charge >= 0.3 is 0 Å². The van der Waals surface area contributed by atoms with E-state index < -0.39 is 0 Å². The van der Waals surface area contributed by atoms with E-state index >= 15 is 0 Å². The van der Waals surface area contributed by atoms with Crippen molar-refractivity contribution in [2.24, 2.45) is 0 Å². The summed E-state index contributed by atoms with van der Waals surface area (Å²) in [6, 6.07) is 3.67. The SMILES string of the molecule is Cc1cc(C(=O)NCCC(CCO)c2ccsc2)no1. The number of hydrogen-bond donors (Lipinski definition) is 2. The fourth-order valence-corrected chi connectivity index (χ4v) is 2.81. The molecule has 0 fully saturated rings. The van der Waals surface area contributed by atoms with E-state index in [2.05, 4.69) is 21.9 Å². The number of nitrogens with one attached hydrogen (secondary N) is 1. The second kappa shape index (κ2) is 7.21. The van der Waals surface area contributed by atoms with Gasteiger partial charge in [0.1, 0.15) is 5.76 Å². The Morgan fingerprint density at radius 3 is 3.00 bits per heavy atom. The first-order valence-corrected chi connectivity index (χ1v) is 7.49. The van der Waals surface area contributed by atoms with Gasteiger partial charge in [0, 0.05) is 19.2 Å². The number of thiophene rings is 1. The average molecular weight is 294 g/mol. The summed E-state index contributed by atoms with van der Waals surface area (Å²) in [5.74, 6) is 0.659. The summed E-state index contributed by atoms with van der Waals surface area (Å²) < 4.78 is 4.87. The maximum atomic E-state index is 11.8. The molecule has 6 heteroatoms. The number of aliphatic hydroxyl groups is 1. The lowest BCUT2D eigenvalue weighted by atomic mass is 9.95. The molecule has 2 N–H and O–H groups in total. The van der Waals surface area contributed by atoms with Crippen molar-refractivity contribution in [3.63, 3.8) is 0 Å². The van der Waals surface area contributed by atoms with Crippen LogP contribution in [0.25, 0.3) is 0 Å². The highest BCUT2D eigenvalue weighted by molar-refractivity contribution is 7.07. The smallest absolute Gasteiger partial charge is 0.273 e. The largest absolute Gasteiger partial charge is 0.396 e. The van der Waals surface area contributed by atoms with Gasteiger partial charge in [-0.3, -0.25) is 4.79 Å². The van der Waals surface area contributed by atoms with Gasteiger partial charge in [0.2, 0.25) is 0 Å². The first kappa shape index (κ1) is 14.7. The lowest BCUT2D eigenvalue weighted by molar-refractivity contribution is 0.0943. The molecule has 0 aliphatic carbocycles. The number of nitrogens with zero attached hydrogens (tertiary/aromatic N) is 1. The van der Waals surface area contributed by atoms with Crippen LogP contribution < -0.4 is 5.32 Å². The Morgan fingerprint density at radius 2 is 2.40 bits per heavy atom. The van der Waals surface area contributed by atoms with Crippen molar-refractivity contribution in [1.82, 2.24) is 10.5 Å². The zero-order valence-corrected chi connectivity index (χ0v) is 12.2. The second-order valence-electron chi connectivity index (χ2n) is 4.63. The van der Waals surface area contributed by atoms with E-state index in [1.165, 1.54) is 5.56 Å². The third kappa shape index (κ3) is 3.91. The molecule has 0 aromatic carbocycles. The molecule has 2 rings (SSSR count). The van der Waals surface area contributed by atoms with Gasteiger partial charge in [-0.25, -0.2) is 0 Å². The maximum Gasteiger partial charge on any atom is 0.273 e. The first-order valence-electron chi connectivity index (χ1n) is 6.55. The third-order valence-electron chi connectivity index (χ3n) is 3.13. The zero-order chi connectivity index (χ0) is 14.4. The van der Waals surface area contributed by atoms with Gasteiger partial charge in [0.05, 0.1) is 0 Å². The summed E-state index contributed by atoms with van der Waals surface area (Å²) in [5.41, 5.74) is 1.52. The molecule has 0 bridgehead atoms. The van der Waals surface area contributed by atoms with Crippen molar-refractivity contribution in [2.45, 2.75) is 25.7 Å². The van der Waals surface area contributed by atoms with Gasteiger partial charge in [-0.2, -0.15) is 11.3 Å². The molecule has 1 atom stereocenters. The fraction of sp³-hybridized carbons (Fsp3) is 0.429. The highest BCUT2D eigenvalue weighted by Gasteiger charge is 2.14. The fourth-order valence-electron chi connectivity index (χ4n) is 2.06. The lowest BCUT2D eigenvalue weighted by Crippen LogP contribution is -2.26. The predicted molar refractivity (Wildman–Crippen MR) is 77.0 cm³/mol. The van der Waals surface area contributed by atoms with Gasteiger partial charge in [-0.05, 0) is 48.1 Å². The first-order chi connectivity index (χ1) is 9.70. The van der Waals surface area contributed by atoms with Crippen molar-refractivity contribution in [3.05, 3.63) is 39.9 Å². The van der Waals surface area contributed by atoms with Crippen LogP contribution in [0.15, 0.2) is 27.4 Å². The average Bonchev–Trinajstić information content (AvgIpc) is 3.08. The van der Waals surface area contributed by atoms with Crippen molar-refractivity contribution in [1.29, 1.82) is 0 Å². The number of carbonyl (C=O) groups excluding carboxylic acids is 1. The predicted octanol–water partition coefficient (Wildman–Crippen LogP) is 2.33. The van der Waals surface area contributed by atoms with E-state index in [0.29, 0.717) is 24.4 Å². The number of aryl methyl sites for hydroxylation is 1. The summed E-state index contributed by atoms with van der Waals surface area (Å²) >= 11 is 1.64. The number of amides is 1. The quantitative estimate of drug-likeness (QED) is 0.822. The van der Waals surface area contributed by atoms with E-state index in [-0.39, 0.29) is 18.4 Å². The van der Waals surface area contributed by atoms with Gasteiger partial charge < -0.3 is 14.9 Å². The van der Waals surface area contributed by atoms with Gasteiger partial charge in [0.15, 0.2) is 5.69 Å². The molecule has 0 aliphatic heterocycles. The molecule has 0 aliphatic rings. The molecule has 5 nitrogen and oxygen atoms in total. The standard InChI is InChI=1S/C14H18N2O3S/c1-10-8-13(16-19-10)14(18)15-5-2-11(3-6-17)12-4-7-20-9-12/h4,7-9,11,17H,2-3,5-6H2,1H3,(H,15,18). The van der Waals surface area contributed by atoms with Gasteiger partial charge in [-0.15, -0.1) is 0 Å². The van der Waals surface area contributed by atoms with Crippen LogP contribution in [0.2, 0.25) is 0 Å². The van der Waals surface area contributed by atoms with Gasteiger partial charge in [-0.1, -0.05) is 5.16 Å². The van der Waals surface area contributed by atoms with Gasteiger partial charge in [0.25, 0.3) is 5.91 Å². The molecule has 1 unspecified atom stereocenters. The number of aromatic nitrogens is 1. The topological polar surface area (TPSA) is 75.4 Å². The summed E-state index contributed by atoms with van der Waals surface area (Å²) in [6.07, 6.45) is 1.50. The molecule has 0 radical (unpaired) electrons. The molecule has 108 valence electrons. The zero-order valence-electron chi connectivity index (χ0n) is 11.3. The lowest BCUT2D eigenvalue weighted by Gasteiger charge is -2.14. The molecule has 0 spiro atoms. The number of aliphatic hydroxyl groups excluding tert-OH is 1. The summed E-state index contributed by atoms with van der Waals surface area (Å²) in [4.78, 5) is 11.8. The Morgan fingerprint density at radius 1 is 1.55 bits per heavy atom. The molecule has 2 aromatic heterocycles. The minimum Gasteiger partial charge on any atom is -0.396 e. The van der Waals surface area contributed by atoms with E-state index in [1.54, 1.807) is 24.3 Å². The Kier molecular flexibility index (Phi) is 5.31. The molecular weight excluding hydrogens is 276 g/mol. The van der Waals surface area contributed by atoms with E-state index in [9.17, 15) is 4.79 Å². The molecule has 2 heterocycles. The Hall–Kier alpha value is -1.66. The molecule has 0 saturated heterocycles. The molecule has 2 aromatic rings. The normalized spacial score (nSPS) is 12.3. The Bertz CT molecular complexity index is 536. The van der Waals surface area contributed by atoms with Crippen LogP contribution in [0.1, 0.15) is 40.6 Å². The van der Waals surface area contributed by atoms with Crippen LogP contribution in [0.4, 0.5) is 0 Å². The second-order valence-corrected chi connectivity index (χ2v) is 5.41. The highest BCUT2D eigenvalue weighted by Crippen LogP contribution is 2.24. The molecule has 20 heavy (non-hydrogen) atoms. The van der Waals surface area contributed by atoms with Crippen LogP contribution in [0, 0.1) is 6.92 Å². The summed E-state index contributed by atoms with van der Waals surface area (Å²) in [5, 5.41) is 19.7. The van der Waals surface area contributed by atoms with Crippen molar-refractivity contribution < 1.29 is 14.4 Å². The summed E-state index contributed by atoms with van der Waals surface area (Å²) in [7, 11) is 0. The van der Waals surface area contributed by atoms with Crippen LogP contribution in [0.3, 0.4) is 0 Å². The minimum absolute atomic E-state index is 0.150. The van der Waals surface area contributed by atoms with Crippen LogP contribution >= 0.6 is 11.3 Å². The number of carbonyl (C=O) groups is 1. The molecule has 0 saturated carbocycles. The minimum atomic E-state index is -0.227. The monoisotopic (exact) mass is 294 g/mol. The summed E-state index contributed by atoms with van der Waals surface area (Å²) in [6.45, 7) is 2.44. The van der Waals surface area contributed by atoms with Crippen LogP contribution in [-0.2, 0) is 0 Å². The van der Waals surface area contributed by atoms with E-state index in [4.69, 9.17) is 9.63 Å². The van der Waals surface area contributed by atoms with E-state index in [0.717, 1.165) is 6.42 Å². The van der Waals surface area contributed by atoms with Crippen LogP contribution in [0.5, 0.6) is 0 Å². The van der Waals surface area contributed by atoms with E-state index in [1.807, 2.05) is 5.38 Å². The van der Waals surface area contributed by atoms with Crippen LogP contribution in [-0.4, -0.2) is 29.3 Å². The molecule has 1 amide bonds. The highest BCUT2D eigenvalue weighted by atomic mass is 32.1. The Labute approximate surface area is 121 Å². The maximum absolute atomic E-state index is 11.8. The number of hydrogen-bond acceptors (Lipinski definition) is 5.